The second kappa shape index (κ2) is 8.19. The fraction of sp³-hybridized carbons (Fsp3) is 0.318. The summed E-state index contributed by atoms with van der Waals surface area (Å²) < 4.78 is 5.23. The number of aromatic nitrogens is 2. The van der Waals surface area contributed by atoms with Crippen molar-refractivity contribution in [1.82, 2.24) is 10.1 Å². The number of fused-ring (bicyclic) bond motifs is 1. The first kappa shape index (κ1) is 18.7. The van der Waals surface area contributed by atoms with Crippen LogP contribution in [0.4, 0.5) is 5.69 Å². The number of carbonyl (C=O) groups excluding carboxylic acids is 1. The van der Waals surface area contributed by atoms with Crippen LogP contribution in [-0.4, -0.2) is 16.0 Å². The van der Waals surface area contributed by atoms with Crippen LogP contribution in [0.25, 0.3) is 0 Å². The molecule has 0 radical (unpaired) electrons. The Morgan fingerprint density at radius 3 is 2.86 bits per heavy atom. The third kappa shape index (κ3) is 3.83. The zero-order valence-corrected chi connectivity index (χ0v) is 16.9. The fourth-order valence-corrected chi connectivity index (χ4v) is 4.76. The molecule has 144 valence electrons. The van der Waals surface area contributed by atoms with E-state index in [9.17, 15) is 4.79 Å². The number of amides is 1. The standard InChI is InChI=1S/C22H23N3O2S/c1-14-19(15(2)27-25-14)13-28-22-18(10-6-12-23-22)21(26)24-20-11-5-8-16-7-3-4-9-17(16)20/h5-6,8,10-12H,3-4,7,9,13H2,1-2H3,(H,24,26). The molecule has 0 atom stereocenters. The Morgan fingerprint density at radius 2 is 2.04 bits per heavy atom. The number of anilines is 1. The lowest BCUT2D eigenvalue weighted by Crippen LogP contribution is -2.16. The number of nitrogens with one attached hydrogen (secondary N) is 1. The molecule has 4 rings (SSSR count). The number of carbonyl (C=O) groups is 1. The Labute approximate surface area is 168 Å². The van der Waals surface area contributed by atoms with Gasteiger partial charge in [-0.2, -0.15) is 0 Å². The summed E-state index contributed by atoms with van der Waals surface area (Å²) in [5.74, 6) is 1.36. The number of benzene rings is 1. The number of hydrogen-bond acceptors (Lipinski definition) is 5. The molecule has 0 saturated carbocycles. The minimum absolute atomic E-state index is 0.117. The zero-order valence-electron chi connectivity index (χ0n) is 16.1. The van der Waals surface area contributed by atoms with Crippen LogP contribution in [0.5, 0.6) is 0 Å². The van der Waals surface area contributed by atoms with Crippen molar-refractivity contribution in [3.05, 3.63) is 70.2 Å². The molecule has 1 amide bonds. The lowest BCUT2D eigenvalue weighted by Gasteiger charge is -2.20. The molecule has 1 aromatic carbocycles. The highest BCUT2D eigenvalue weighted by atomic mass is 32.2. The van der Waals surface area contributed by atoms with Gasteiger partial charge in [0.15, 0.2) is 0 Å². The Bertz CT molecular complexity index is 993. The first-order valence-electron chi connectivity index (χ1n) is 9.55. The van der Waals surface area contributed by atoms with E-state index in [1.54, 1.807) is 12.3 Å². The zero-order chi connectivity index (χ0) is 19.5. The van der Waals surface area contributed by atoms with Crippen LogP contribution in [0.1, 0.15) is 51.3 Å². The highest BCUT2D eigenvalue weighted by Gasteiger charge is 2.18. The molecule has 0 bridgehead atoms. The third-order valence-corrected chi connectivity index (χ3v) is 6.23. The first-order valence-corrected chi connectivity index (χ1v) is 10.5. The maximum Gasteiger partial charge on any atom is 0.258 e. The molecule has 0 fully saturated rings. The van der Waals surface area contributed by atoms with Gasteiger partial charge >= 0.3 is 0 Å². The normalized spacial score (nSPS) is 13.2. The summed E-state index contributed by atoms with van der Waals surface area (Å²) in [7, 11) is 0. The molecule has 1 aliphatic rings. The molecule has 28 heavy (non-hydrogen) atoms. The summed E-state index contributed by atoms with van der Waals surface area (Å²) in [6, 6.07) is 9.81. The molecule has 2 heterocycles. The predicted molar refractivity (Wildman–Crippen MR) is 111 cm³/mol. The number of pyridine rings is 1. The van der Waals surface area contributed by atoms with Crippen LogP contribution >= 0.6 is 11.8 Å². The Balaban J connectivity index is 1.54. The van der Waals surface area contributed by atoms with E-state index in [1.807, 2.05) is 32.0 Å². The average Bonchev–Trinajstić information content (AvgIpc) is 3.04. The topological polar surface area (TPSA) is 68.0 Å². The lowest BCUT2D eigenvalue weighted by atomic mass is 9.90. The number of hydrogen-bond donors (Lipinski definition) is 1. The van der Waals surface area contributed by atoms with Crippen molar-refractivity contribution in [1.29, 1.82) is 0 Å². The summed E-state index contributed by atoms with van der Waals surface area (Å²) in [6.07, 6.45) is 6.22. The maximum atomic E-state index is 13.0. The minimum atomic E-state index is -0.117. The van der Waals surface area contributed by atoms with E-state index < -0.39 is 0 Å². The van der Waals surface area contributed by atoms with Gasteiger partial charge in [-0.15, -0.1) is 11.8 Å². The Hall–Kier alpha value is -2.60. The number of aryl methyl sites for hydroxylation is 3. The highest BCUT2D eigenvalue weighted by Crippen LogP contribution is 2.30. The molecule has 0 unspecified atom stereocenters. The average molecular weight is 394 g/mol. The van der Waals surface area contributed by atoms with Gasteiger partial charge in [0.05, 0.1) is 11.3 Å². The van der Waals surface area contributed by atoms with Crippen molar-refractivity contribution in [2.24, 2.45) is 0 Å². The van der Waals surface area contributed by atoms with E-state index >= 15 is 0 Å². The molecule has 6 heteroatoms. The molecule has 1 aliphatic carbocycles. The van der Waals surface area contributed by atoms with Crippen LogP contribution in [-0.2, 0) is 18.6 Å². The number of thioether (sulfide) groups is 1. The molecular weight excluding hydrogens is 370 g/mol. The van der Waals surface area contributed by atoms with Crippen molar-refractivity contribution in [2.45, 2.75) is 50.3 Å². The summed E-state index contributed by atoms with van der Waals surface area (Å²) >= 11 is 1.53. The predicted octanol–water partition coefficient (Wildman–Crippen LogP) is 5.11. The fourth-order valence-electron chi connectivity index (χ4n) is 3.62. The first-order chi connectivity index (χ1) is 13.6. The van der Waals surface area contributed by atoms with Crippen molar-refractivity contribution in [3.8, 4) is 0 Å². The van der Waals surface area contributed by atoms with Gasteiger partial charge < -0.3 is 9.84 Å². The molecule has 3 aromatic rings. The van der Waals surface area contributed by atoms with Gasteiger partial charge in [0.25, 0.3) is 5.91 Å². The van der Waals surface area contributed by atoms with Crippen LogP contribution in [0.2, 0.25) is 0 Å². The van der Waals surface area contributed by atoms with Crippen molar-refractivity contribution < 1.29 is 9.32 Å². The van der Waals surface area contributed by atoms with E-state index in [1.165, 1.54) is 35.7 Å². The molecule has 0 spiro atoms. The van der Waals surface area contributed by atoms with Gasteiger partial charge in [0, 0.05) is 23.2 Å². The van der Waals surface area contributed by atoms with Crippen LogP contribution in [0.3, 0.4) is 0 Å². The monoisotopic (exact) mass is 393 g/mol. The van der Waals surface area contributed by atoms with E-state index in [2.05, 4.69) is 21.5 Å². The molecule has 0 aliphatic heterocycles. The minimum Gasteiger partial charge on any atom is -0.361 e. The Morgan fingerprint density at radius 1 is 1.18 bits per heavy atom. The van der Waals surface area contributed by atoms with Gasteiger partial charge in [0.2, 0.25) is 0 Å². The molecule has 2 aromatic heterocycles. The Kier molecular flexibility index (Phi) is 5.48. The smallest absolute Gasteiger partial charge is 0.258 e. The van der Waals surface area contributed by atoms with Gasteiger partial charge in [-0.05, 0) is 68.9 Å². The van der Waals surface area contributed by atoms with Gasteiger partial charge in [-0.3, -0.25) is 4.79 Å². The van der Waals surface area contributed by atoms with Crippen molar-refractivity contribution >= 4 is 23.4 Å². The summed E-state index contributed by atoms with van der Waals surface area (Å²) in [6.45, 7) is 3.83. The van der Waals surface area contributed by atoms with Crippen LogP contribution in [0.15, 0.2) is 46.1 Å². The lowest BCUT2D eigenvalue weighted by molar-refractivity contribution is 0.102. The molecular formula is C22H23N3O2S. The third-order valence-electron chi connectivity index (χ3n) is 5.19. The highest BCUT2D eigenvalue weighted by molar-refractivity contribution is 7.98. The molecule has 0 saturated heterocycles. The van der Waals surface area contributed by atoms with Crippen molar-refractivity contribution in [2.75, 3.05) is 5.32 Å². The second-order valence-corrected chi connectivity index (χ2v) is 8.02. The van der Waals surface area contributed by atoms with Crippen molar-refractivity contribution in [3.63, 3.8) is 0 Å². The summed E-state index contributed by atoms with van der Waals surface area (Å²) in [4.78, 5) is 17.5. The molecule has 5 nitrogen and oxygen atoms in total. The maximum absolute atomic E-state index is 13.0. The summed E-state index contributed by atoms with van der Waals surface area (Å²) in [5, 5.41) is 7.83. The summed E-state index contributed by atoms with van der Waals surface area (Å²) in [5.41, 5.74) is 6.07. The quantitative estimate of drug-likeness (QED) is 0.610. The second-order valence-electron chi connectivity index (χ2n) is 7.05. The van der Waals surface area contributed by atoms with E-state index in [0.29, 0.717) is 16.3 Å². The van der Waals surface area contributed by atoms with Gasteiger partial charge in [-0.25, -0.2) is 4.98 Å². The van der Waals surface area contributed by atoms with E-state index in [0.717, 1.165) is 35.5 Å². The van der Waals surface area contributed by atoms with Gasteiger partial charge in [-0.1, -0.05) is 17.3 Å². The van der Waals surface area contributed by atoms with Crippen LogP contribution in [0, 0.1) is 13.8 Å². The van der Waals surface area contributed by atoms with Gasteiger partial charge in [0.1, 0.15) is 10.8 Å². The number of rotatable bonds is 5. The SMILES string of the molecule is Cc1noc(C)c1CSc1ncccc1C(=O)Nc1cccc2c1CCCC2. The van der Waals surface area contributed by atoms with Crippen LogP contribution < -0.4 is 5.32 Å². The largest absolute Gasteiger partial charge is 0.361 e. The van der Waals surface area contributed by atoms with E-state index in [4.69, 9.17) is 4.52 Å². The molecule has 1 N–H and O–H groups in total. The number of nitrogens with zero attached hydrogens (tertiary/aromatic N) is 2. The van der Waals surface area contributed by atoms with E-state index in [-0.39, 0.29) is 5.91 Å².